The van der Waals surface area contributed by atoms with Gasteiger partial charge in [-0.15, -0.1) is 0 Å². The van der Waals surface area contributed by atoms with Gasteiger partial charge in [0.15, 0.2) is 0 Å². The number of rotatable bonds is 9. The van der Waals surface area contributed by atoms with Crippen LogP contribution >= 0.6 is 0 Å². The van der Waals surface area contributed by atoms with Crippen molar-refractivity contribution in [3.05, 3.63) is 59.7 Å². The van der Waals surface area contributed by atoms with Gasteiger partial charge in [-0.3, -0.25) is 9.59 Å². The second-order valence-corrected chi connectivity index (χ2v) is 6.44. The minimum atomic E-state index is -0.0992. The van der Waals surface area contributed by atoms with E-state index in [-0.39, 0.29) is 18.2 Å². The molecule has 2 aromatic carbocycles. The highest BCUT2D eigenvalue weighted by molar-refractivity contribution is 5.96. The molecule has 2 rings (SSSR count). The molecule has 0 aromatic heterocycles. The first-order chi connectivity index (χ1) is 13.1. The third kappa shape index (κ3) is 6.13. The van der Waals surface area contributed by atoms with Crippen LogP contribution in [0.25, 0.3) is 0 Å². The number of carbonyl (C=O) groups is 2. The number of benzene rings is 2. The van der Waals surface area contributed by atoms with E-state index in [1.165, 1.54) is 0 Å². The number of anilines is 1. The highest BCUT2D eigenvalue weighted by Crippen LogP contribution is 2.15. The van der Waals surface area contributed by atoms with E-state index in [0.717, 1.165) is 37.2 Å². The quantitative estimate of drug-likeness (QED) is 0.724. The molecule has 0 aliphatic heterocycles. The molecule has 5 heteroatoms. The molecule has 0 saturated heterocycles. The van der Waals surface area contributed by atoms with E-state index in [0.29, 0.717) is 11.3 Å². The third-order valence-corrected chi connectivity index (χ3v) is 4.21. The van der Waals surface area contributed by atoms with Crippen LogP contribution in [-0.2, 0) is 11.2 Å². The minimum absolute atomic E-state index is 0.0369. The summed E-state index contributed by atoms with van der Waals surface area (Å²) < 4.78 is 5.12. The molecule has 0 spiro atoms. The zero-order valence-electron chi connectivity index (χ0n) is 16.3. The molecule has 5 nitrogen and oxygen atoms in total. The molecule has 0 aliphatic carbocycles. The van der Waals surface area contributed by atoms with Crippen molar-refractivity contribution in [2.24, 2.45) is 0 Å². The topological polar surface area (TPSA) is 58.6 Å². The lowest BCUT2D eigenvalue weighted by atomic mass is 10.1. The first-order valence-corrected chi connectivity index (χ1v) is 9.39. The van der Waals surface area contributed by atoms with E-state index >= 15 is 0 Å². The molecule has 27 heavy (non-hydrogen) atoms. The SMILES string of the molecule is CCCN(CCC)C(=O)c1ccc(NC(=O)Cc2ccc(OC)cc2)cc1. The zero-order chi connectivity index (χ0) is 19.6. The number of ether oxygens (including phenoxy) is 1. The predicted octanol–water partition coefficient (Wildman–Crippen LogP) is 4.14. The smallest absolute Gasteiger partial charge is 0.253 e. The highest BCUT2D eigenvalue weighted by atomic mass is 16.5. The summed E-state index contributed by atoms with van der Waals surface area (Å²) in [6, 6.07) is 14.5. The van der Waals surface area contributed by atoms with Gasteiger partial charge in [0.2, 0.25) is 5.91 Å². The van der Waals surface area contributed by atoms with Crippen molar-refractivity contribution < 1.29 is 14.3 Å². The Labute approximate surface area is 161 Å². The summed E-state index contributed by atoms with van der Waals surface area (Å²) in [7, 11) is 1.61. The molecule has 0 aliphatic rings. The van der Waals surface area contributed by atoms with Gasteiger partial charge >= 0.3 is 0 Å². The van der Waals surface area contributed by atoms with Gasteiger partial charge in [-0.2, -0.15) is 0 Å². The molecule has 2 aromatic rings. The Hall–Kier alpha value is -2.82. The van der Waals surface area contributed by atoms with Crippen molar-refractivity contribution in [1.29, 1.82) is 0 Å². The number of methoxy groups -OCH3 is 1. The average molecular weight is 368 g/mol. The Balaban J connectivity index is 1.95. The lowest BCUT2D eigenvalue weighted by Crippen LogP contribution is -2.32. The van der Waals surface area contributed by atoms with Crippen LogP contribution in [0.5, 0.6) is 5.75 Å². The molecule has 0 heterocycles. The maximum atomic E-state index is 12.6. The van der Waals surface area contributed by atoms with Gasteiger partial charge in [0.05, 0.1) is 13.5 Å². The second-order valence-electron chi connectivity index (χ2n) is 6.44. The summed E-state index contributed by atoms with van der Waals surface area (Å²) >= 11 is 0. The Kier molecular flexibility index (Phi) is 7.86. The van der Waals surface area contributed by atoms with Crippen molar-refractivity contribution in [3.63, 3.8) is 0 Å². The van der Waals surface area contributed by atoms with Gasteiger partial charge in [-0.05, 0) is 54.8 Å². The molecule has 0 atom stereocenters. The van der Waals surface area contributed by atoms with Gasteiger partial charge in [0.25, 0.3) is 5.91 Å². The maximum absolute atomic E-state index is 12.6. The number of amides is 2. The molecule has 0 radical (unpaired) electrons. The van der Waals surface area contributed by atoms with E-state index < -0.39 is 0 Å². The van der Waals surface area contributed by atoms with Crippen LogP contribution in [0.4, 0.5) is 5.69 Å². The lowest BCUT2D eigenvalue weighted by Gasteiger charge is -2.21. The summed E-state index contributed by atoms with van der Waals surface area (Å²) in [5.41, 5.74) is 2.24. The van der Waals surface area contributed by atoms with E-state index in [1.54, 1.807) is 31.4 Å². The minimum Gasteiger partial charge on any atom is -0.497 e. The summed E-state index contributed by atoms with van der Waals surface area (Å²) in [5.74, 6) is 0.701. The molecule has 0 fully saturated rings. The monoisotopic (exact) mass is 368 g/mol. The normalized spacial score (nSPS) is 10.3. The predicted molar refractivity (Wildman–Crippen MR) is 108 cm³/mol. The molecule has 1 N–H and O–H groups in total. The molecule has 0 bridgehead atoms. The summed E-state index contributed by atoms with van der Waals surface area (Å²) in [4.78, 5) is 26.7. The fourth-order valence-corrected chi connectivity index (χ4v) is 2.87. The molecular weight excluding hydrogens is 340 g/mol. The maximum Gasteiger partial charge on any atom is 0.253 e. The van der Waals surface area contributed by atoms with Gasteiger partial charge in [0.1, 0.15) is 5.75 Å². The Morgan fingerprint density at radius 3 is 2.04 bits per heavy atom. The Bertz CT molecular complexity index is 733. The average Bonchev–Trinajstić information content (AvgIpc) is 2.68. The van der Waals surface area contributed by atoms with Crippen LogP contribution in [0.2, 0.25) is 0 Å². The van der Waals surface area contributed by atoms with E-state index in [9.17, 15) is 9.59 Å². The molecular formula is C22H28N2O3. The summed E-state index contributed by atoms with van der Waals surface area (Å²) in [6.45, 7) is 5.65. The third-order valence-electron chi connectivity index (χ3n) is 4.21. The summed E-state index contributed by atoms with van der Waals surface area (Å²) in [5, 5.41) is 2.87. The summed E-state index contributed by atoms with van der Waals surface area (Å²) in [6.07, 6.45) is 2.15. The van der Waals surface area contributed by atoms with Crippen LogP contribution in [0.3, 0.4) is 0 Å². The molecule has 0 saturated carbocycles. The van der Waals surface area contributed by atoms with Crippen molar-refractivity contribution in [2.75, 3.05) is 25.5 Å². The van der Waals surface area contributed by atoms with Gasteiger partial charge in [0, 0.05) is 24.3 Å². The Morgan fingerprint density at radius 1 is 0.926 bits per heavy atom. The Morgan fingerprint density at radius 2 is 1.52 bits per heavy atom. The lowest BCUT2D eigenvalue weighted by molar-refractivity contribution is -0.115. The number of nitrogens with one attached hydrogen (secondary N) is 1. The fourth-order valence-electron chi connectivity index (χ4n) is 2.87. The second kappa shape index (κ2) is 10.4. The number of hydrogen-bond donors (Lipinski definition) is 1. The first-order valence-electron chi connectivity index (χ1n) is 9.39. The van der Waals surface area contributed by atoms with E-state index in [1.807, 2.05) is 29.2 Å². The van der Waals surface area contributed by atoms with Crippen LogP contribution in [0.1, 0.15) is 42.6 Å². The van der Waals surface area contributed by atoms with E-state index in [2.05, 4.69) is 19.2 Å². The highest BCUT2D eigenvalue weighted by Gasteiger charge is 2.14. The van der Waals surface area contributed by atoms with Crippen LogP contribution in [0.15, 0.2) is 48.5 Å². The number of carbonyl (C=O) groups excluding carboxylic acids is 2. The largest absolute Gasteiger partial charge is 0.497 e. The van der Waals surface area contributed by atoms with Crippen molar-refractivity contribution in [2.45, 2.75) is 33.1 Å². The molecule has 144 valence electrons. The standard InChI is InChI=1S/C22H28N2O3/c1-4-14-24(15-5-2)22(26)18-8-10-19(11-9-18)23-21(25)16-17-6-12-20(27-3)13-7-17/h6-13H,4-5,14-16H2,1-3H3,(H,23,25). The van der Waals surface area contributed by atoms with Crippen LogP contribution in [0, 0.1) is 0 Å². The van der Waals surface area contributed by atoms with Gasteiger partial charge in [-0.25, -0.2) is 0 Å². The van der Waals surface area contributed by atoms with Gasteiger partial charge in [-0.1, -0.05) is 26.0 Å². The number of nitrogens with zero attached hydrogens (tertiary/aromatic N) is 1. The van der Waals surface area contributed by atoms with Crippen LogP contribution in [-0.4, -0.2) is 36.9 Å². The molecule has 2 amide bonds. The van der Waals surface area contributed by atoms with Crippen LogP contribution < -0.4 is 10.1 Å². The first kappa shape index (κ1) is 20.5. The zero-order valence-corrected chi connectivity index (χ0v) is 16.3. The fraction of sp³-hybridized carbons (Fsp3) is 0.364. The van der Waals surface area contributed by atoms with Crippen molar-refractivity contribution in [3.8, 4) is 5.75 Å². The van der Waals surface area contributed by atoms with Crippen molar-refractivity contribution >= 4 is 17.5 Å². The molecule has 0 unspecified atom stereocenters. The van der Waals surface area contributed by atoms with E-state index in [4.69, 9.17) is 4.74 Å². The van der Waals surface area contributed by atoms with Gasteiger partial charge < -0.3 is 15.0 Å². The number of hydrogen-bond acceptors (Lipinski definition) is 3. The van der Waals surface area contributed by atoms with Crippen molar-refractivity contribution in [1.82, 2.24) is 4.90 Å².